The molecule has 0 unspecified atom stereocenters. The lowest BCUT2D eigenvalue weighted by Crippen LogP contribution is -2.51. The number of amides is 1. The number of nitrogens with one attached hydrogen (secondary N) is 1. The van der Waals surface area contributed by atoms with E-state index in [2.05, 4.69) is 34.9 Å². The van der Waals surface area contributed by atoms with Gasteiger partial charge in [-0.05, 0) is 29.8 Å². The maximum absolute atomic E-state index is 15.5. The number of amidine groups is 1. The summed E-state index contributed by atoms with van der Waals surface area (Å²) in [6, 6.07) is 11.4. The van der Waals surface area contributed by atoms with Crippen molar-refractivity contribution in [1.82, 2.24) is 14.5 Å². The summed E-state index contributed by atoms with van der Waals surface area (Å²) in [7, 11) is -1.35. The first kappa shape index (κ1) is 35.0. The van der Waals surface area contributed by atoms with Crippen LogP contribution in [-0.2, 0) is 20.9 Å². The largest absolute Gasteiger partial charge is 0.464 e. The number of halogens is 4. The summed E-state index contributed by atoms with van der Waals surface area (Å²) in [5.74, 6) is -5.75. The first-order valence-electron chi connectivity index (χ1n) is 16.8. The van der Waals surface area contributed by atoms with E-state index in [0.29, 0.717) is 55.1 Å². The van der Waals surface area contributed by atoms with Crippen LogP contribution in [0.3, 0.4) is 0 Å². The molecule has 15 heteroatoms. The highest BCUT2D eigenvalue weighted by Crippen LogP contribution is 2.40. The van der Waals surface area contributed by atoms with Crippen molar-refractivity contribution < 1.29 is 41.3 Å². The van der Waals surface area contributed by atoms with Crippen LogP contribution in [0.5, 0.6) is 11.5 Å². The van der Waals surface area contributed by atoms with Gasteiger partial charge >= 0.3 is 0 Å². The van der Waals surface area contributed by atoms with E-state index < -0.39 is 43.8 Å². The molecule has 7 rings (SSSR count). The maximum atomic E-state index is 15.5. The number of hydrogen-bond acceptors (Lipinski definition) is 8. The van der Waals surface area contributed by atoms with Gasteiger partial charge in [0.05, 0.1) is 37.1 Å². The molecule has 0 aliphatic carbocycles. The number of rotatable bonds is 10. The molecule has 2 fully saturated rings. The number of aromatic nitrogens is 2. The standard InChI is InChI=1S/C36H39F4N5O5Si/c1-51(2,3)13-12-47-22-45-16-26(23-4-6-24(7-5-23)33(46)44-11-9-36(39,40)18-44)30-29(8-10-41-32(30)45)50-31-27(37)14-25(15-28(31)38)43-34-42-17-35(21-49-34)19-48-20-35/h4-8,10,14-16H,9,11-13,17-22H2,1-3H3,(H,42,43). The molecule has 2 aromatic heterocycles. The second kappa shape index (κ2) is 13.6. The molecule has 5 heterocycles. The van der Waals surface area contributed by atoms with Crippen LogP contribution in [0.4, 0.5) is 23.2 Å². The molecule has 0 radical (unpaired) electrons. The zero-order valence-electron chi connectivity index (χ0n) is 28.6. The van der Waals surface area contributed by atoms with Gasteiger partial charge in [0.25, 0.3) is 17.9 Å². The van der Waals surface area contributed by atoms with Crippen LogP contribution in [0, 0.1) is 17.0 Å². The summed E-state index contributed by atoms with van der Waals surface area (Å²) in [5.41, 5.74) is 1.94. The summed E-state index contributed by atoms with van der Waals surface area (Å²) in [5, 5.41) is 3.30. The van der Waals surface area contributed by atoms with Crippen LogP contribution in [-0.4, -0.2) is 86.4 Å². The highest BCUT2D eigenvalue weighted by molar-refractivity contribution is 6.76. The van der Waals surface area contributed by atoms with Gasteiger partial charge in [-0.1, -0.05) is 31.8 Å². The van der Waals surface area contributed by atoms with Gasteiger partial charge < -0.3 is 33.7 Å². The van der Waals surface area contributed by atoms with Crippen LogP contribution in [0.25, 0.3) is 22.2 Å². The average molecular weight is 726 g/mol. The third-order valence-corrected chi connectivity index (χ3v) is 10.9. The Bertz CT molecular complexity index is 1950. The van der Waals surface area contributed by atoms with E-state index in [-0.39, 0.29) is 48.1 Å². The fourth-order valence-electron chi connectivity index (χ4n) is 6.17. The smallest absolute Gasteiger partial charge is 0.289 e. The fourth-order valence-corrected chi connectivity index (χ4v) is 6.93. The quantitative estimate of drug-likeness (QED) is 0.104. The van der Waals surface area contributed by atoms with E-state index in [9.17, 15) is 13.6 Å². The highest BCUT2D eigenvalue weighted by Gasteiger charge is 2.42. The third kappa shape index (κ3) is 7.60. The normalized spacial score (nSPS) is 18.0. The zero-order chi connectivity index (χ0) is 36.0. The third-order valence-electron chi connectivity index (χ3n) is 9.20. The number of anilines is 1. The molecule has 4 aromatic rings. The molecule has 3 aliphatic heterocycles. The molecule has 1 spiro atoms. The van der Waals surface area contributed by atoms with E-state index in [1.54, 1.807) is 35.0 Å². The monoisotopic (exact) mass is 725 g/mol. The number of fused-ring (bicyclic) bond motifs is 1. The van der Waals surface area contributed by atoms with E-state index in [1.807, 2.05) is 0 Å². The van der Waals surface area contributed by atoms with Crippen molar-refractivity contribution in [3.63, 3.8) is 0 Å². The Morgan fingerprint density at radius 1 is 1.06 bits per heavy atom. The summed E-state index contributed by atoms with van der Waals surface area (Å²) < 4.78 is 83.4. The molecule has 3 aliphatic rings. The van der Waals surface area contributed by atoms with E-state index >= 15 is 8.78 Å². The van der Waals surface area contributed by atoms with Gasteiger partial charge in [-0.3, -0.25) is 4.79 Å². The minimum atomic E-state index is -2.90. The predicted molar refractivity (Wildman–Crippen MR) is 186 cm³/mol. The first-order chi connectivity index (χ1) is 24.3. The highest BCUT2D eigenvalue weighted by atomic mass is 28.3. The minimum Gasteiger partial charge on any atom is -0.464 e. The van der Waals surface area contributed by atoms with Gasteiger partial charge in [0.1, 0.15) is 24.7 Å². The number of pyridine rings is 1. The molecule has 1 N–H and O–H groups in total. The van der Waals surface area contributed by atoms with Crippen LogP contribution in [0.1, 0.15) is 16.8 Å². The Hall–Kier alpha value is -4.47. The van der Waals surface area contributed by atoms with Crippen LogP contribution in [0.15, 0.2) is 59.9 Å². The fraction of sp³-hybridized carbons (Fsp3) is 0.417. The Morgan fingerprint density at radius 3 is 2.41 bits per heavy atom. The van der Waals surface area contributed by atoms with Crippen LogP contribution < -0.4 is 10.1 Å². The summed E-state index contributed by atoms with van der Waals surface area (Å²) >= 11 is 0. The number of benzene rings is 2. The molecule has 2 aromatic carbocycles. The van der Waals surface area contributed by atoms with Gasteiger partial charge in [-0.25, -0.2) is 27.5 Å². The molecule has 0 bridgehead atoms. The Morgan fingerprint density at radius 2 is 1.80 bits per heavy atom. The van der Waals surface area contributed by atoms with Crippen LogP contribution in [0.2, 0.25) is 25.7 Å². The second-order valence-corrected chi connectivity index (χ2v) is 20.3. The number of carbonyl (C=O) groups excluding carboxylic acids is 1. The van der Waals surface area contributed by atoms with Crippen molar-refractivity contribution in [2.45, 2.75) is 44.8 Å². The molecular formula is C36H39F4N5O5Si. The molecule has 0 atom stereocenters. The number of nitrogens with zero attached hydrogens (tertiary/aromatic N) is 4. The van der Waals surface area contributed by atoms with Crippen molar-refractivity contribution in [2.75, 3.05) is 51.4 Å². The number of hydrogen-bond donors (Lipinski definition) is 1. The SMILES string of the molecule is C[Si](C)(C)CCOCn1cc(-c2ccc(C(=O)N3CCC(F)(F)C3)cc2)c2c(Oc3c(F)cc(NC4=NCC5(COC5)CO4)cc3F)ccnc21. The maximum Gasteiger partial charge on any atom is 0.289 e. The second-order valence-electron chi connectivity index (χ2n) is 14.7. The number of carbonyl (C=O) groups is 1. The lowest BCUT2D eigenvalue weighted by Gasteiger charge is -2.41. The summed E-state index contributed by atoms with van der Waals surface area (Å²) in [4.78, 5) is 23.0. The number of ether oxygens (including phenoxy) is 4. The lowest BCUT2D eigenvalue weighted by molar-refractivity contribution is -0.132. The molecular weight excluding hydrogens is 687 g/mol. The minimum absolute atomic E-state index is 0.0195. The topological polar surface area (TPSA) is 99.4 Å². The molecule has 2 saturated heterocycles. The van der Waals surface area contributed by atoms with E-state index in [0.717, 1.165) is 23.1 Å². The van der Waals surface area contributed by atoms with E-state index in [1.165, 1.54) is 12.3 Å². The van der Waals surface area contributed by atoms with Gasteiger partial charge in [0.15, 0.2) is 17.4 Å². The number of alkyl halides is 2. The number of likely N-dealkylation sites (tertiary alicyclic amines) is 1. The van der Waals surface area contributed by atoms with Gasteiger partial charge in [-0.2, -0.15) is 0 Å². The first-order valence-corrected chi connectivity index (χ1v) is 20.5. The molecule has 0 saturated carbocycles. The van der Waals surface area contributed by atoms with Crippen LogP contribution >= 0.6 is 0 Å². The van der Waals surface area contributed by atoms with Gasteiger partial charge in [0, 0.05) is 69.0 Å². The summed E-state index contributed by atoms with van der Waals surface area (Å²) in [6.45, 7) is 8.86. The molecule has 1 amide bonds. The van der Waals surface area contributed by atoms with Crippen molar-refractivity contribution in [1.29, 1.82) is 0 Å². The van der Waals surface area contributed by atoms with Gasteiger partial charge in [0.2, 0.25) is 0 Å². The lowest BCUT2D eigenvalue weighted by atomic mass is 9.87. The van der Waals surface area contributed by atoms with Crippen molar-refractivity contribution in [2.24, 2.45) is 10.4 Å². The Kier molecular flexibility index (Phi) is 9.31. The van der Waals surface area contributed by atoms with Crippen molar-refractivity contribution in [3.05, 3.63) is 72.1 Å². The summed E-state index contributed by atoms with van der Waals surface area (Å²) in [6.07, 6.45) is 2.92. The van der Waals surface area contributed by atoms with E-state index in [4.69, 9.17) is 18.9 Å². The Labute approximate surface area is 293 Å². The average Bonchev–Trinajstić information content (AvgIpc) is 3.64. The zero-order valence-corrected chi connectivity index (χ0v) is 29.6. The van der Waals surface area contributed by atoms with Crippen molar-refractivity contribution in [3.8, 4) is 22.6 Å². The molecule has 10 nitrogen and oxygen atoms in total. The predicted octanol–water partition coefficient (Wildman–Crippen LogP) is 7.38. The molecule has 270 valence electrons. The van der Waals surface area contributed by atoms with Gasteiger partial charge in [-0.15, -0.1) is 0 Å². The number of aliphatic imine (C=N–C) groups is 1. The molecule has 51 heavy (non-hydrogen) atoms. The van der Waals surface area contributed by atoms with Crippen molar-refractivity contribution >= 4 is 36.7 Å². The Balaban J connectivity index is 1.17.